The van der Waals surface area contributed by atoms with Crippen LogP contribution in [0.15, 0.2) is 35.0 Å². The lowest BCUT2D eigenvalue weighted by Crippen LogP contribution is -2.17. The molecule has 3 atom stereocenters. The predicted octanol–water partition coefficient (Wildman–Crippen LogP) is 9.40. The Hall–Kier alpha value is -0.900. The van der Waals surface area contributed by atoms with Crippen LogP contribution in [0.1, 0.15) is 82.3 Å². The minimum Gasteiger partial charge on any atom is -0.143 e. The first kappa shape index (κ1) is 19.4. The number of hydrogen-bond acceptors (Lipinski definition) is 3. The minimum atomic E-state index is 0.600. The summed E-state index contributed by atoms with van der Waals surface area (Å²) in [6.07, 6.45) is 8.19. The fraction of sp³-hybridized carbons (Fsp3) is 0.500. The third kappa shape index (κ3) is 3.83. The van der Waals surface area contributed by atoms with E-state index in [9.17, 15) is 0 Å². The highest BCUT2D eigenvalue weighted by molar-refractivity contribution is 7.26. The van der Waals surface area contributed by atoms with Crippen LogP contribution in [0.2, 0.25) is 0 Å². The molecule has 0 spiro atoms. The fourth-order valence-corrected chi connectivity index (χ4v) is 7.86. The van der Waals surface area contributed by atoms with Crippen molar-refractivity contribution in [1.29, 1.82) is 0 Å². The SMILES string of the molecule is CCCCCCCC1c2ccsc2-c2ccc(s2)-c2sccc2C(C)C1C. The molecule has 3 aromatic rings. The van der Waals surface area contributed by atoms with Gasteiger partial charge in [-0.2, -0.15) is 0 Å². The number of thiophene rings is 3. The van der Waals surface area contributed by atoms with Gasteiger partial charge in [-0.25, -0.2) is 0 Å². The fourth-order valence-electron chi connectivity index (χ4n) is 4.57. The van der Waals surface area contributed by atoms with Crippen LogP contribution in [0.4, 0.5) is 0 Å². The molecule has 0 aromatic carbocycles. The van der Waals surface area contributed by atoms with Crippen LogP contribution in [-0.2, 0) is 0 Å². The topological polar surface area (TPSA) is 0 Å². The summed E-state index contributed by atoms with van der Waals surface area (Å²) >= 11 is 5.85. The number of rotatable bonds is 6. The highest BCUT2D eigenvalue weighted by Crippen LogP contribution is 2.51. The van der Waals surface area contributed by atoms with E-state index in [0.29, 0.717) is 17.8 Å². The number of fused-ring (bicyclic) bond motifs is 6. The third-order valence-electron chi connectivity index (χ3n) is 6.38. The molecule has 3 unspecified atom stereocenters. The first-order valence-corrected chi connectivity index (χ1v) is 13.0. The summed E-state index contributed by atoms with van der Waals surface area (Å²) in [5.41, 5.74) is 3.18. The molecular formula is C24H30S3. The molecule has 0 saturated heterocycles. The van der Waals surface area contributed by atoms with Gasteiger partial charge < -0.3 is 0 Å². The predicted molar refractivity (Wildman–Crippen MR) is 125 cm³/mol. The van der Waals surface area contributed by atoms with Crippen molar-refractivity contribution >= 4 is 34.0 Å². The zero-order chi connectivity index (χ0) is 18.8. The monoisotopic (exact) mass is 414 g/mol. The van der Waals surface area contributed by atoms with E-state index >= 15 is 0 Å². The van der Waals surface area contributed by atoms with Crippen LogP contribution in [0.3, 0.4) is 0 Å². The van der Waals surface area contributed by atoms with Gasteiger partial charge in [0.25, 0.3) is 0 Å². The van der Waals surface area contributed by atoms with Gasteiger partial charge in [0.15, 0.2) is 0 Å². The second kappa shape index (κ2) is 8.63. The van der Waals surface area contributed by atoms with Crippen molar-refractivity contribution < 1.29 is 0 Å². The minimum absolute atomic E-state index is 0.600. The van der Waals surface area contributed by atoms with Gasteiger partial charge in [-0.15, -0.1) is 34.0 Å². The van der Waals surface area contributed by atoms with Gasteiger partial charge in [-0.05, 0) is 70.3 Å². The van der Waals surface area contributed by atoms with E-state index in [-0.39, 0.29) is 0 Å². The Balaban J connectivity index is 1.71. The van der Waals surface area contributed by atoms with Crippen molar-refractivity contribution in [2.24, 2.45) is 5.92 Å². The summed E-state index contributed by atoms with van der Waals surface area (Å²) < 4.78 is 0. The molecule has 27 heavy (non-hydrogen) atoms. The summed E-state index contributed by atoms with van der Waals surface area (Å²) in [7, 11) is 0. The lowest BCUT2D eigenvalue weighted by Gasteiger charge is -2.30. The van der Waals surface area contributed by atoms with Crippen LogP contribution in [0.25, 0.3) is 19.5 Å². The normalized spacial score (nSPS) is 21.7. The van der Waals surface area contributed by atoms with Crippen LogP contribution in [0.5, 0.6) is 0 Å². The number of unbranched alkanes of at least 4 members (excludes halogenated alkanes) is 4. The molecule has 4 heterocycles. The first-order valence-electron chi connectivity index (χ1n) is 10.5. The van der Waals surface area contributed by atoms with Gasteiger partial charge in [-0.1, -0.05) is 52.9 Å². The second-order valence-electron chi connectivity index (χ2n) is 8.03. The molecule has 3 heteroatoms. The second-order valence-corrected chi connectivity index (χ2v) is 10.9. The largest absolute Gasteiger partial charge is 0.143 e. The summed E-state index contributed by atoms with van der Waals surface area (Å²) in [6, 6.07) is 9.52. The molecule has 0 nitrogen and oxygen atoms in total. The molecule has 0 amide bonds. The quantitative estimate of drug-likeness (QED) is 0.352. The molecule has 0 radical (unpaired) electrons. The molecule has 1 aliphatic heterocycles. The Morgan fingerprint density at radius 2 is 1.41 bits per heavy atom. The molecule has 144 valence electrons. The van der Waals surface area contributed by atoms with Crippen molar-refractivity contribution in [3.63, 3.8) is 0 Å². The van der Waals surface area contributed by atoms with Gasteiger partial charge >= 0.3 is 0 Å². The van der Waals surface area contributed by atoms with E-state index in [1.54, 1.807) is 11.1 Å². The first-order chi connectivity index (χ1) is 13.2. The molecule has 1 aliphatic rings. The highest BCUT2D eigenvalue weighted by Gasteiger charge is 2.31. The van der Waals surface area contributed by atoms with E-state index in [2.05, 4.69) is 55.8 Å². The molecular weight excluding hydrogens is 384 g/mol. The van der Waals surface area contributed by atoms with Gasteiger partial charge in [-0.3, -0.25) is 0 Å². The van der Waals surface area contributed by atoms with Crippen LogP contribution < -0.4 is 0 Å². The summed E-state index contributed by atoms with van der Waals surface area (Å²) in [4.78, 5) is 5.95. The summed E-state index contributed by atoms with van der Waals surface area (Å²) in [6.45, 7) is 7.27. The van der Waals surface area contributed by atoms with Crippen molar-refractivity contribution in [2.75, 3.05) is 0 Å². The summed E-state index contributed by atoms with van der Waals surface area (Å²) in [5.74, 6) is 1.93. The zero-order valence-electron chi connectivity index (χ0n) is 16.7. The molecule has 0 N–H and O–H groups in total. The maximum Gasteiger partial charge on any atom is 0.0477 e. The van der Waals surface area contributed by atoms with Crippen LogP contribution in [-0.4, -0.2) is 0 Å². The third-order valence-corrected chi connectivity index (χ3v) is 9.68. The maximum absolute atomic E-state index is 2.50. The van der Waals surface area contributed by atoms with Gasteiger partial charge in [0, 0.05) is 19.5 Å². The van der Waals surface area contributed by atoms with Crippen molar-refractivity contribution in [3.8, 4) is 19.5 Å². The van der Waals surface area contributed by atoms with E-state index in [1.807, 2.05) is 34.0 Å². The molecule has 0 saturated carbocycles. The molecule has 0 fully saturated rings. The van der Waals surface area contributed by atoms with Gasteiger partial charge in [0.2, 0.25) is 0 Å². The Morgan fingerprint density at radius 1 is 0.778 bits per heavy atom. The van der Waals surface area contributed by atoms with E-state index in [4.69, 9.17) is 0 Å². The van der Waals surface area contributed by atoms with E-state index in [1.165, 1.54) is 58.0 Å². The van der Waals surface area contributed by atoms with E-state index in [0.717, 1.165) is 0 Å². The lowest BCUT2D eigenvalue weighted by molar-refractivity contribution is 0.369. The van der Waals surface area contributed by atoms with Crippen LogP contribution >= 0.6 is 34.0 Å². The molecule has 3 aromatic heterocycles. The molecule has 4 rings (SSSR count). The van der Waals surface area contributed by atoms with Crippen molar-refractivity contribution in [1.82, 2.24) is 0 Å². The summed E-state index contributed by atoms with van der Waals surface area (Å²) in [5, 5.41) is 4.61. The Kier molecular flexibility index (Phi) is 6.21. The Bertz CT molecular complexity index is 866. The Labute approximate surface area is 176 Å². The smallest absolute Gasteiger partial charge is 0.0477 e. The standard InChI is InChI=1S/C24H30S3/c1-4-5-6-7-8-9-18-16(2)17(3)19-12-14-25-23(19)21-10-11-22(27-21)24-20(18)13-15-26-24/h10-18H,4-9H2,1-3H3. The zero-order valence-corrected chi connectivity index (χ0v) is 19.1. The van der Waals surface area contributed by atoms with Crippen molar-refractivity contribution in [2.45, 2.75) is 71.1 Å². The van der Waals surface area contributed by atoms with Gasteiger partial charge in [0.05, 0.1) is 0 Å². The molecule has 0 aliphatic carbocycles. The van der Waals surface area contributed by atoms with Gasteiger partial charge in [0.1, 0.15) is 0 Å². The van der Waals surface area contributed by atoms with E-state index < -0.39 is 0 Å². The average molecular weight is 415 g/mol. The lowest BCUT2D eigenvalue weighted by atomic mass is 9.75. The van der Waals surface area contributed by atoms with Crippen LogP contribution in [0, 0.1) is 5.92 Å². The average Bonchev–Trinajstić information content (AvgIpc) is 3.41. The highest BCUT2D eigenvalue weighted by atomic mass is 32.1. The Morgan fingerprint density at radius 3 is 2.11 bits per heavy atom. The maximum atomic E-state index is 2.50. The van der Waals surface area contributed by atoms with Crippen molar-refractivity contribution in [3.05, 3.63) is 46.2 Å². The number of hydrogen-bond donors (Lipinski definition) is 0. The molecule has 2 bridgehead atoms.